The van der Waals surface area contributed by atoms with Crippen molar-refractivity contribution in [2.24, 2.45) is 14.1 Å². The summed E-state index contributed by atoms with van der Waals surface area (Å²) in [4.78, 5) is 45.8. The summed E-state index contributed by atoms with van der Waals surface area (Å²) in [5.41, 5.74) is -0.314. The van der Waals surface area contributed by atoms with Crippen LogP contribution in [0.15, 0.2) is 32.8 Å². The van der Waals surface area contributed by atoms with E-state index >= 15 is 0 Å². The Labute approximate surface area is 175 Å². The zero-order valence-corrected chi connectivity index (χ0v) is 17.9. The number of hydrogen-bond acceptors (Lipinski definition) is 9. The number of ether oxygens (including phenoxy) is 3. The number of benzene rings is 1. The van der Waals surface area contributed by atoms with Crippen molar-refractivity contribution in [3.8, 4) is 22.9 Å². The Balaban J connectivity index is 2.30. The molecule has 0 radical (unpaired) electrons. The number of thioether (sulfide) groups is 1. The van der Waals surface area contributed by atoms with Gasteiger partial charge in [-0.3, -0.25) is 18.7 Å². The van der Waals surface area contributed by atoms with Crippen LogP contribution in [0.2, 0.25) is 0 Å². The Morgan fingerprint density at radius 3 is 2.37 bits per heavy atom. The minimum Gasteiger partial charge on any atom is -0.493 e. The fraction of sp³-hybridized carbons (Fsp3) is 0.316. The number of fused-ring (bicyclic) bond motifs is 1. The first-order chi connectivity index (χ1) is 14.3. The highest BCUT2D eigenvalue weighted by Crippen LogP contribution is 2.32. The summed E-state index contributed by atoms with van der Waals surface area (Å²) in [7, 11) is 7.20. The van der Waals surface area contributed by atoms with Gasteiger partial charge >= 0.3 is 11.7 Å². The van der Waals surface area contributed by atoms with Gasteiger partial charge < -0.3 is 14.2 Å². The van der Waals surface area contributed by atoms with Crippen molar-refractivity contribution >= 4 is 28.8 Å². The van der Waals surface area contributed by atoms with Crippen molar-refractivity contribution < 1.29 is 19.0 Å². The van der Waals surface area contributed by atoms with Crippen LogP contribution < -0.4 is 20.7 Å². The van der Waals surface area contributed by atoms with Crippen LogP contribution in [0.1, 0.15) is 0 Å². The van der Waals surface area contributed by atoms with Gasteiger partial charge in [0.25, 0.3) is 5.56 Å². The van der Waals surface area contributed by atoms with Gasteiger partial charge in [0.1, 0.15) is 10.4 Å². The molecular weight excluding hydrogens is 412 g/mol. The number of aromatic nitrogens is 4. The molecule has 10 nitrogen and oxygen atoms in total. The molecule has 0 spiro atoms. The topological polar surface area (TPSA) is 115 Å². The van der Waals surface area contributed by atoms with Crippen molar-refractivity contribution in [3.63, 3.8) is 0 Å². The van der Waals surface area contributed by atoms with E-state index in [0.29, 0.717) is 17.1 Å². The van der Waals surface area contributed by atoms with Gasteiger partial charge in [0, 0.05) is 19.7 Å². The summed E-state index contributed by atoms with van der Waals surface area (Å²) in [6.45, 7) is 0. The molecule has 0 N–H and O–H groups in total. The molecule has 158 valence electrons. The number of carbonyl (C=O) groups excluding carboxylic acids is 1. The molecule has 2 aromatic heterocycles. The largest absolute Gasteiger partial charge is 0.493 e. The van der Waals surface area contributed by atoms with E-state index in [1.807, 2.05) is 0 Å². The van der Waals surface area contributed by atoms with Crippen LogP contribution >= 0.6 is 11.8 Å². The Hall–Kier alpha value is -3.34. The molecule has 0 unspecified atom stereocenters. The maximum atomic E-state index is 12.8. The van der Waals surface area contributed by atoms with E-state index in [2.05, 4.69) is 14.7 Å². The third-order valence-corrected chi connectivity index (χ3v) is 5.41. The zero-order chi connectivity index (χ0) is 22.0. The highest BCUT2D eigenvalue weighted by molar-refractivity contribution is 8.00. The highest BCUT2D eigenvalue weighted by atomic mass is 32.2. The maximum Gasteiger partial charge on any atom is 0.332 e. The van der Waals surface area contributed by atoms with E-state index in [0.717, 1.165) is 16.3 Å². The first kappa shape index (κ1) is 21.4. The Kier molecular flexibility index (Phi) is 6.11. The molecule has 1 aromatic carbocycles. The van der Waals surface area contributed by atoms with Crippen LogP contribution in [0.25, 0.3) is 22.4 Å². The van der Waals surface area contributed by atoms with E-state index in [1.165, 1.54) is 40.0 Å². The molecule has 3 aromatic rings. The number of esters is 1. The summed E-state index contributed by atoms with van der Waals surface area (Å²) in [5, 5.41) is 0.420. The minimum atomic E-state index is -0.542. The number of rotatable bonds is 6. The molecule has 0 aliphatic heterocycles. The number of hydrogen-bond donors (Lipinski definition) is 0. The van der Waals surface area contributed by atoms with Crippen molar-refractivity contribution in [3.05, 3.63) is 39.0 Å². The van der Waals surface area contributed by atoms with Gasteiger partial charge in [-0.05, 0) is 18.2 Å². The van der Waals surface area contributed by atoms with Gasteiger partial charge in [-0.25, -0.2) is 14.8 Å². The second kappa shape index (κ2) is 8.57. The van der Waals surface area contributed by atoms with Crippen LogP contribution in [-0.4, -0.2) is 52.2 Å². The lowest BCUT2D eigenvalue weighted by molar-refractivity contribution is -0.137. The van der Waals surface area contributed by atoms with Crippen LogP contribution in [0.4, 0.5) is 0 Å². The standard InChI is InChI=1S/C19H20N4O6S/c1-22-16-14(18(25)23(2)19(22)26)17(30-9-13(24)29-5)21-15(20-16)10-6-7-11(27-3)12(8-10)28-4/h6-8H,9H2,1-5H3. The molecule has 2 heterocycles. The van der Waals surface area contributed by atoms with Crippen molar-refractivity contribution in [1.82, 2.24) is 19.1 Å². The predicted octanol–water partition coefficient (Wildman–Crippen LogP) is 0.976. The summed E-state index contributed by atoms with van der Waals surface area (Å²) < 4.78 is 17.5. The maximum absolute atomic E-state index is 12.8. The van der Waals surface area contributed by atoms with E-state index in [-0.39, 0.29) is 27.6 Å². The Morgan fingerprint density at radius 1 is 1.03 bits per heavy atom. The second-order valence-corrected chi connectivity index (χ2v) is 7.16. The Morgan fingerprint density at radius 2 is 1.73 bits per heavy atom. The van der Waals surface area contributed by atoms with Crippen molar-refractivity contribution in [2.75, 3.05) is 27.1 Å². The summed E-state index contributed by atoms with van der Waals surface area (Å²) in [5.74, 6) is 0.740. The fourth-order valence-corrected chi connectivity index (χ4v) is 3.67. The van der Waals surface area contributed by atoms with Crippen LogP contribution in [0.5, 0.6) is 11.5 Å². The third kappa shape index (κ3) is 3.75. The number of aryl methyl sites for hydroxylation is 1. The first-order valence-corrected chi connectivity index (χ1v) is 9.70. The third-order valence-electron chi connectivity index (χ3n) is 4.46. The van der Waals surface area contributed by atoms with E-state index < -0.39 is 17.2 Å². The quantitative estimate of drug-likeness (QED) is 0.319. The predicted molar refractivity (Wildman–Crippen MR) is 111 cm³/mol. The van der Waals surface area contributed by atoms with Crippen LogP contribution in [-0.2, 0) is 23.6 Å². The number of carbonyl (C=O) groups is 1. The first-order valence-electron chi connectivity index (χ1n) is 8.72. The second-order valence-electron chi connectivity index (χ2n) is 6.19. The number of methoxy groups -OCH3 is 3. The minimum absolute atomic E-state index is 0.0556. The van der Waals surface area contributed by atoms with Gasteiger partial charge in [0.05, 0.1) is 27.1 Å². The molecular formula is C19H20N4O6S. The van der Waals surface area contributed by atoms with Gasteiger partial charge in [0.15, 0.2) is 23.0 Å². The van der Waals surface area contributed by atoms with E-state index in [9.17, 15) is 14.4 Å². The monoisotopic (exact) mass is 432 g/mol. The normalized spacial score (nSPS) is 10.8. The van der Waals surface area contributed by atoms with Gasteiger partial charge in [-0.15, -0.1) is 0 Å². The lowest BCUT2D eigenvalue weighted by Crippen LogP contribution is -2.37. The highest BCUT2D eigenvalue weighted by Gasteiger charge is 2.19. The molecule has 0 aliphatic carbocycles. The summed E-state index contributed by atoms with van der Waals surface area (Å²) >= 11 is 1.04. The average Bonchev–Trinajstić information content (AvgIpc) is 2.78. The van der Waals surface area contributed by atoms with Crippen molar-refractivity contribution in [1.29, 1.82) is 0 Å². The lowest BCUT2D eigenvalue weighted by atomic mass is 10.2. The summed E-state index contributed by atoms with van der Waals surface area (Å²) in [6, 6.07) is 5.12. The Bertz CT molecular complexity index is 1250. The molecule has 0 aliphatic rings. The molecule has 0 fully saturated rings. The molecule has 0 bridgehead atoms. The van der Waals surface area contributed by atoms with Crippen LogP contribution in [0, 0.1) is 0 Å². The van der Waals surface area contributed by atoms with E-state index in [4.69, 9.17) is 9.47 Å². The molecule has 0 atom stereocenters. The average molecular weight is 432 g/mol. The van der Waals surface area contributed by atoms with Gasteiger partial charge in [0.2, 0.25) is 0 Å². The molecule has 3 rings (SSSR count). The lowest BCUT2D eigenvalue weighted by Gasteiger charge is -2.13. The molecule has 11 heteroatoms. The molecule has 0 amide bonds. The number of nitrogens with zero attached hydrogens (tertiary/aromatic N) is 4. The fourth-order valence-electron chi connectivity index (χ4n) is 2.82. The SMILES string of the molecule is COC(=O)CSc1nc(-c2ccc(OC)c(OC)c2)nc2c1c(=O)n(C)c(=O)n2C. The molecule has 0 saturated heterocycles. The van der Waals surface area contributed by atoms with Crippen molar-refractivity contribution in [2.45, 2.75) is 5.03 Å². The molecule has 0 saturated carbocycles. The van der Waals surface area contributed by atoms with Crippen LogP contribution in [0.3, 0.4) is 0 Å². The van der Waals surface area contributed by atoms with E-state index in [1.54, 1.807) is 18.2 Å². The van der Waals surface area contributed by atoms with Gasteiger partial charge in [-0.1, -0.05) is 11.8 Å². The smallest absolute Gasteiger partial charge is 0.332 e. The zero-order valence-electron chi connectivity index (χ0n) is 17.1. The summed E-state index contributed by atoms with van der Waals surface area (Å²) in [6.07, 6.45) is 0. The molecule has 30 heavy (non-hydrogen) atoms. The van der Waals surface area contributed by atoms with Gasteiger partial charge in [-0.2, -0.15) is 0 Å².